The highest BCUT2D eigenvalue weighted by molar-refractivity contribution is 7.16. The Labute approximate surface area is 109 Å². The van der Waals surface area contributed by atoms with Gasteiger partial charge in [0, 0.05) is 0 Å². The summed E-state index contributed by atoms with van der Waals surface area (Å²) in [6, 6.07) is 3.68. The van der Waals surface area contributed by atoms with E-state index >= 15 is 0 Å². The molecule has 0 bridgehead atoms. The van der Waals surface area contributed by atoms with Crippen LogP contribution in [0.1, 0.15) is 20.8 Å². The van der Waals surface area contributed by atoms with Gasteiger partial charge in [-0.25, -0.2) is 4.98 Å². The molecule has 3 nitrogen and oxygen atoms in total. The van der Waals surface area contributed by atoms with Crippen molar-refractivity contribution in [2.45, 2.75) is 32.4 Å². The molecule has 1 aromatic heterocycles. The van der Waals surface area contributed by atoms with Gasteiger partial charge in [-0.15, -0.1) is 11.3 Å². The van der Waals surface area contributed by atoms with Crippen LogP contribution in [0.5, 0.6) is 0 Å². The smallest absolute Gasteiger partial charge is 0.106 e. The van der Waals surface area contributed by atoms with Gasteiger partial charge in [0.25, 0.3) is 0 Å². The first-order valence-electron chi connectivity index (χ1n) is 5.40. The molecule has 0 aliphatic carbocycles. The van der Waals surface area contributed by atoms with E-state index in [4.69, 9.17) is 11.6 Å². The molecule has 5 heteroatoms. The van der Waals surface area contributed by atoms with E-state index in [2.05, 4.69) is 10.3 Å². The minimum atomic E-state index is -0.818. The number of hydrogen-bond acceptors (Lipinski definition) is 4. The molecule has 1 heterocycles. The molecule has 2 aromatic rings. The van der Waals surface area contributed by atoms with Crippen LogP contribution < -0.4 is 5.32 Å². The predicted octanol–water partition coefficient (Wildman–Crippen LogP) is 3.52. The summed E-state index contributed by atoms with van der Waals surface area (Å²) in [5, 5.41) is 13.8. The molecule has 1 aromatic carbocycles. The zero-order valence-corrected chi connectivity index (χ0v) is 11.6. The second-order valence-electron chi connectivity index (χ2n) is 4.64. The number of nitrogens with one attached hydrogen (secondary N) is 1. The van der Waals surface area contributed by atoms with Crippen molar-refractivity contribution in [2.24, 2.45) is 0 Å². The Balaban J connectivity index is 2.41. The van der Waals surface area contributed by atoms with Crippen molar-refractivity contribution in [1.29, 1.82) is 0 Å². The third-order valence-electron chi connectivity index (χ3n) is 2.87. The monoisotopic (exact) mass is 270 g/mol. The van der Waals surface area contributed by atoms with Gasteiger partial charge >= 0.3 is 0 Å². The summed E-state index contributed by atoms with van der Waals surface area (Å²) >= 11 is 7.75. The normalized spacial score (nSPS) is 13.9. The Kier molecular flexibility index (Phi) is 3.30. The fourth-order valence-electron chi connectivity index (χ4n) is 1.44. The molecule has 0 spiro atoms. The maximum absolute atomic E-state index is 9.94. The van der Waals surface area contributed by atoms with Crippen LogP contribution in [0.25, 0.3) is 10.2 Å². The van der Waals surface area contributed by atoms with Crippen LogP contribution in [0.4, 0.5) is 5.69 Å². The minimum absolute atomic E-state index is 0.118. The number of thiazole rings is 1. The first kappa shape index (κ1) is 12.6. The molecular weight excluding hydrogens is 256 g/mol. The number of nitrogens with zero attached hydrogens (tertiary/aromatic N) is 1. The van der Waals surface area contributed by atoms with Gasteiger partial charge in [-0.1, -0.05) is 11.6 Å². The maximum Gasteiger partial charge on any atom is 0.106 e. The second-order valence-corrected chi connectivity index (χ2v) is 5.93. The fourth-order valence-corrected chi connectivity index (χ4v) is 2.33. The maximum atomic E-state index is 9.94. The lowest BCUT2D eigenvalue weighted by molar-refractivity contribution is 0.0649. The number of aliphatic hydroxyl groups is 1. The number of halogens is 1. The molecule has 0 radical (unpaired) electrons. The SMILES string of the molecule is CC(Nc1c(Cl)ccc2scnc12)C(C)(C)O. The van der Waals surface area contributed by atoms with Gasteiger partial charge in [0.1, 0.15) is 5.52 Å². The Bertz CT molecular complexity index is 533. The topological polar surface area (TPSA) is 45.2 Å². The van der Waals surface area contributed by atoms with E-state index in [1.54, 1.807) is 30.7 Å². The molecule has 0 saturated heterocycles. The number of anilines is 1. The molecular formula is C12H15ClN2OS. The first-order chi connectivity index (χ1) is 7.89. The van der Waals surface area contributed by atoms with Crippen molar-refractivity contribution >= 4 is 38.8 Å². The standard InChI is InChI=1S/C12H15ClN2OS/c1-7(12(2,3)16)15-10-8(13)4-5-9-11(10)14-6-17-9/h4-7,15-16H,1-3H3. The summed E-state index contributed by atoms with van der Waals surface area (Å²) in [4.78, 5) is 4.30. The molecule has 2 N–H and O–H groups in total. The van der Waals surface area contributed by atoms with E-state index < -0.39 is 5.60 Å². The molecule has 0 saturated carbocycles. The summed E-state index contributed by atoms with van der Waals surface area (Å²) in [6.45, 7) is 5.45. The summed E-state index contributed by atoms with van der Waals surface area (Å²) in [5.74, 6) is 0. The van der Waals surface area contributed by atoms with E-state index in [9.17, 15) is 5.11 Å². The van der Waals surface area contributed by atoms with E-state index in [0.717, 1.165) is 15.9 Å². The van der Waals surface area contributed by atoms with E-state index in [0.29, 0.717) is 5.02 Å². The van der Waals surface area contributed by atoms with Gasteiger partial charge < -0.3 is 10.4 Å². The number of benzene rings is 1. The Hall–Kier alpha value is -0.840. The average molecular weight is 271 g/mol. The summed E-state index contributed by atoms with van der Waals surface area (Å²) in [7, 11) is 0. The van der Waals surface area contributed by atoms with Gasteiger partial charge in [-0.2, -0.15) is 0 Å². The van der Waals surface area contributed by atoms with E-state index in [1.165, 1.54) is 0 Å². The van der Waals surface area contributed by atoms with Crippen LogP contribution in [0, 0.1) is 0 Å². The molecule has 17 heavy (non-hydrogen) atoms. The molecule has 1 unspecified atom stereocenters. The predicted molar refractivity (Wildman–Crippen MR) is 74.0 cm³/mol. The van der Waals surface area contributed by atoms with E-state index in [-0.39, 0.29) is 6.04 Å². The number of fused-ring (bicyclic) bond motifs is 1. The van der Waals surface area contributed by atoms with Crippen molar-refractivity contribution in [3.05, 3.63) is 22.7 Å². The third kappa shape index (κ3) is 2.54. The van der Waals surface area contributed by atoms with E-state index in [1.807, 2.05) is 19.1 Å². The van der Waals surface area contributed by atoms with Crippen LogP contribution in [0.15, 0.2) is 17.6 Å². The van der Waals surface area contributed by atoms with Gasteiger partial charge in [-0.3, -0.25) is 0 Å². The number of aromatic nitrogens is 1. The number of hydrogen-bond donors (Lipinski definition) is 2. The molecule has 0 fully saturated rings. The second kappa shape index (κ2) is 4.44. The van der Waals surface area contributed by atoms with Crippen LogP contribution in [0.2, 0.25) is 5.02 Å². The van der Waals surface area contributed by atoms with Gasteiger partial charge in [0.15, 0.2) is 0 Å². The fraction of sp³-hybridized carbons (Fsp3) is 0.417. The minimum Gasteiger partial charge on any atom is -0.388 e. The summed E-state index contributed by atoms with van der Waals surface area (Å²) in [6.07, 6.45) is 0. The largest absolute Gasteiger partial charge is 0.388 e. The van der Waals surface area contributed by atoms with Crippen LogP contribution in [-0.4, -0.2) is 21.7 Å². The molecule has 0 aliphatic rings. The quantitative estimate of drug-likeness (QED) is 0.897. The lowest BCUT2D eigenvalue weighted by atomic mass is 10.0. The first-order valence-corrected chi connectivity index (χ1v) is 6.66. The lowest BCUT2D eigenvalue weighted by Crippen LogP contribution is -2.39. The molecule has 1 atom stereocenters. The van der Waals surface area contributed by atoms with Crippen molar-refractivity contribution in [2.75, 3.05) is 5.32 Å². The molecule has 0 aliphatic heterocycles. The van der Waals surface area contributed by atoms with Crippen LogP contribution >= 0.6 is 22.9 Å². The highest BCUT2D eigenvalue weighted by Crippen LogP contribution is 2.33. The molecule has 92 valence electrons. The van der Waals surface area contributed by atoms with Crippen molar-refractivity contribution in [3.8, 4) is 0 Å². The van der Waals surface area contributed by atoms with Crippen LogP contribution in [-0.2, 0) is 0 Å². The highest BCUT2D eigenvalue weighted by atomic mass is 35.5. The number of rotatable bonds is 3. The van der Waals surface area contributed by atoms with Gasteiger partial charge in [-0.05, 0) is 32.9 Å². The van der Waals surface area contributed by atoms with Crippen LogP contribution in [0.3, 0.4) is 0 Å². The molecule has 0 amide bonds. The summed E-state index contributed by atoms with van der Waals surface area (Å²) < 4.78 is 1.08. The lowest BCUT2D eigenvalue weighted by Gasteiger charge is -2.28. The average Bonchev–Trinajstić information content (AvgIpc) is 2.68. The Morgan fingerprint density at radius 2 is 2.18 bits per heavy atom. The zero-order chi connectivity index (χ0) is 12.6. The van der Waals surface area contributed by atoms with Gasteiger partial charge in [0.2, 0.25) is 0 Å². The Morgan fingerprint density at radius 1 is 1.47 bits per heavy atom. The van der Waals surface area contributed by atoms with Gasteiger partial charge in [0.05, 0.1) is 32.6 Å². The molecule has 2 rings (SSSR count). The van der Waals surface area contributed by atoms with Crippen molar-refractivity contribution < 1.29 is 5.11 Å². The zero-order valence-electron chi connectivity index (χ0n) is 9.99. The summed E-state index contributed by atoms with van der Waals surface area (Å²) in [5.41, 5.74) is 2.63. The van der Waals surface area contributed by atoms with Crippen molar-refractivity contribution in [3.63, 3.8) is 0 Å². The third-order valence-corrected chi connectivity index (χ3v) is 3.98. The highest BCUT2D eigenvalue weighted by Gasteiger charge is 2.23. The Morgan fingerprint density at radius 3 is 2.82 bits per heavy atom. The van der Waals surface area contributed by atoms with Crippen molar-refractivity contribution in [1.82, 2.24) is 4.98 Å².